The second-order valence-electron chi connectivity index (χ2n) is 9.18. The Kier molecular flexibility index (Phi) is 4.99. The minimum atomic E-state index is -0.990. The first-order valence-corrected chi connectivity index (χ1v) is 10.3. The third-order valence-corrected chi connectivity index (χ3v) is 5.91. The average molecular weight is 395 g/mol. The van der Waals surface area contributed by atoms with Crippen molar-refractivity contribution in [2.24, 2.45) is 0 Å². The molecule has 154 valence electrons. The largest absolute Gasteiger partial charge is 0.384 e. The maximum Gasteiger partial charge on any atom is 0.248 e. The fraction of sp³-hybridized carbons (Fsp3) is 0.478. The summed E-state index contributed by atoms with van der Waals surface area (Å²) in [5, 5.41) is 12.5. The molecule has 0 spiro atoms. The van der Waals surface area contributed by atoms with Gasteiger partial charge in [0.1, 0.15) is 6.10 Å². The van der Waals surface area contributed by atoms with Gasteiger partial charge >= 0.3 is 0 Å². The summed E-state index contributed by atoms with van der Waals surface area (Å²) in [6.45, 7) is 9.72. The van der Waals surface area contributed by atoms with Gasteiger partial charge in [-0.3, -0.25) is 4.79 Å². The number of amides is 1. The van der Waals surface area contributed by atoms with Crippen molar-refractivity contribution in [3.8, 4) is 0 Å². The molecule has 2 aromatic rings. The van der Waals surface area contributed by atoms with E-state index in [0.29, 0.717) is 6.54 Å². The summed E-state index contributed by atoms with van der Waals surface area (Å²) >= 11 is 0. The average Bonchev–Trinajstić information content (AvgIpc) is 3.09. The number of anilines is 3. The van der Waals surface area contributed by atoms with Crippen molar-refractivity contribution >= 4 is 23.1 Å². The highest BCUT2D eigenvalue weighted by molar-refractivity contribution is 5.81. The van der Waals surface area contributed by atoms with E-state index in [2.05, 4.69) is 71.2 Å². The van der Waals surface area contributed by atoms with Gasteiger partial charge in [0.2, 0.25) is 5.91 Å². The van der Waals surface area contributed by atoms with E-state index in [1.54, 1.807) is 0 Å². The molecular formula is C23H30N4O2. The van der Waals surface area contributed by atoms with E-state index in [1.807, 2.05) is 12.3 Å². The Morgan fingerprint density at radius 2 is 1.93 bits per heavy atom. The lowest BCUT2D eigenvalue weighted by molar-refractivity contribution is -0.129. The van der Waals surface area contributed by atoms with Crippen LogP contribution in [0.25, 0.3) is 0 Å². The number of carbonyl (C=O) groups excluding carboxylic acids is 1. The number of hydrogen-bond donors (Lipinski definition) is 2. The van der Waals surface area contributed by atoms with Gasteiger partial charge in [0, 0.05) is 31.0 Å². The topological polar surface area (TPSA) is 68.7 Å². The van der Waals surface area contributed by atoms with E-state index in [-0.39, 0.29) is 23.4 Å². The van der Waals surface area contributed by atoms with Crippen LogP contribution in [0.5, 0.6) is 0 Å². The Bertz CT molecular complexity index is 888. The molecule has 4 rings (SSSR count). The molecule has 0 aliphatic carbocycles. The second-order valence-corrected chi connectivity index (χ2v) is 9.18. The van der Waals surface area contributed by atoms with E-state index in [0.717, 1.165) is 30.2 Å². The van der Waals surface area contributed by atoms with Gasteiger partial charge in [0.15, 0.2) is 5.82 Å². The first-order chi connectivity index (χ1) is 13.7. The van der Waals surface area contributed by atoms with Crippen LogP contribution in [0, 0.1) is 0 Å². The Hall–Kier alpha value is -2.60. The zero-order valence-corrected chi connectivity index (χ0v) is 17.6. The number of aromatic nitrogens is 1. The Morgan fingerprint density at radius 3 is 2.59 bits per heavy atom. The van der Waals surface area contributed by atoms with E-state index in [9.17, 15) is 9.90 Å². The van der Waals surface area contributed by atoms with Crippen LogP contribution in [0.2, 0.25) is 0 Å². The molecule has 6 heteroatoms. The summed E-state index contributed by atoms with van der Waals surface area (Å²) in [7, 11) is 0. The fourth-order valence-electron chi connectivity index (χ4n) is 4.29. The molecule has 0 radical (unpaired) electrons. The lowest BCUT2D eigenvalue weighted by Gasteiger charge is -2.40. The van der Waals surface area contributed by atoms with Crippen molar-refractivity contribution in [1.29, 1.82) is 0 Å². The molecule has 3 atom stereocenters. The number of carbonyl (C=O) groups is 1. The SMILES string of the molecule is C[C@H](O)C(=O)N[C@@H]1C[C@@H]2CN(c3ccc(C(C)(C)C)cc3)c3cccnc3N2C1. The monoisotopic (exact) mass is 394 g/mol. The smallest absolute Gasteiger partial charge is 0.248 e. The molecule has 1 aromatic carbocycles. The molecule has 1 amide bonds. The molecule has 0 unspecified atom stereocenters. The number of aliphatic hydroxyl groups excluding tert-OH is 1. The summed E-state index contributed by atoms with van der Waals surface area (Å²) in [6.07, 6.45) is 1.67. The van der Waals surface area contributed by atoms with Crippen LogP contribution >= 0.6 is 0 Å². The third kappa shape index (κ3) is 3.81. The van der Waals surface area contributed by atoms with Crippen molar-refractivity contribution < 1.29 is 9.90 Å². The van der Waals surface area contributed by atoms with Crippen molar-refractivity contribution in [3.05, 3.63) is 48.2 Å². The van der Waals surface area contributed by atoms with E-state index in [4.69, 9.17) is 0 Å². The second kappa shape index (κ2) is 7.34. The highest BCUT2D eigenvalue weighted by Gasteiger charge is 2.40. The Labute approximate surface area is 172 Å². The molecular weight excluding hydrogens is 364 g/mol. The van der Waals surface area contributed by atoms with Gasteiger partial charge < -0.3 is 20.2 Å². The van der Waals surface area contributed by atoms with Gasteiger partial charge in [0.05, 0.1) is 11.7 Å². The lowest BCUT2D eigenvalue weighted by atomic mass is 9.87. The molecule has 1 aromatic heterocycles. The van der Waals surface area contributed by atoms with Crippen LogP contribution in [0.1, 0.15) is 39.7 Å². The maximum absolute atomic E-state index is 11.9. The first-order valence-electron chi connectivity index (χ1n) is 10.3. The zero-order valence-electron chi connectivity index (χ0n) is 17.6. The van der Waals surface area contributed by atoms with Crippen molar-refractivity contribution in [2.45, 2.75) is 57.7 Å². The summed E-state index contributed by atoms with van der Waals surface area (Å²) < 4.78 is 0. The number of nitrogens with zero attached hydrogens (tertiary/aromatic N) is 3. The van der Waals surface area contributed by atoms with E-state index >= 15 is 0 Å². The Balaban J connectivity index is 1.61. The summed E-state index contributed by atoms with van der Waals surface area (Å²) in [5.74, 6) is 0.642. The molecule has 1 saturated heterocycles. The number of hydrogen-bond acceptors (Lipinski definition) is 5. The van der Waals surface area contributed by atoms with Gasteiger partial charge in [0.25, 0.3) is 0 Å². The third-order valence-electron chi connectivity index (χ3n) is 5.91. The zero-order chi connectivity index (χ0) is 20.8. The van der Waals surface area contributed by atoms with Crippen LogP contribution in [0.3, 0.4) is 0 Å². The number of aliphatic hydroxyl groups is 1. The predicted molar refractivity (Wildman–Crippen MR) is 116 cm³/mol. The summed E-state index contributed by atoms with van der Waals surface area (Å²) in [5.41, 5.74) is 3.68. The number of pyridine rings is 1. The van der Waals surface area contributed by atoms with Gasteiger partial charge in [-0.15, -0.1) is 0 Å². The highest BCUT2D eigenvalue weighted by atomic mass is 16.3. The molecule has 2 aliphatic heterocycles. The quantitative estimate of drug-likeness (QED) is 0.838. The van der Waals surface area contributed by atoms with Crippen LogP contribution in [-0.4, -0.2) is 47.3 Å². The molecule has 29 heavy (non-hydrogen) atoms. The molecule has 2 N–H and O–H groups in total. The van der Waals surface area contributed by atoms with E-state index < -0.39 is 6.10 Å². The van der Waals surface area contributed by atoms with Crippen molar-refractivity contribution in [2.75, 3.05) is 22.9 Å². The van der Waals surface area contributed by atoms with Crippen LogP contribution in [-0.2, 0) is 10.2 Å². The maximum atomic E-state index is 11.9. The number of benzene rings is 1. The molecule has 0 saturated carbocycles. The minimum absolute atomic E-state index is 0.0140. The minimum Gasteiger partial charge on any atom is -0.384 e. The molecule has 2 aliphatic rings. The van der Waals surface area contributed by atoms with Crippen LogP contribution in [0.15, 0.2) is 42.6 Å². The standard InChI is InChI=1S/C23H30N4O2/c1-15(28)22(29)25-17-12-19-14-26(18-9-7-16(8-10-18)23(2,3)4)20-6-5-11-24-21(20)27(19)13-17/h5-11,15,17,19,28H,12-14H2,1-4H3,(H,25,29)/t15-,17+,19+/m0/s1. The molecule has 0 bridgehead atoms. The van der Waals surface area contributed by atoms with Gasteiger partial charge in [-0.1, -0.05) is 32.9 Å². The molecule has 6 nitrogen and oxygen atoms in total. The molecule has 1 fully saturated rings. The van der Waals surface area contributed by atoms with Gasteiger partial charge in [-0.05, 0) is 48.6 Å². The highest BCUT2D eigenvalue weighted by Crippen LogP contribution is 2.41. The Morgan fingerprint density at radius 1 is 1.21 bits per heavy atom. The normalized spacial score (nSPS) is 22.1. The lowest BCUT2D eigenvalue weighted by Crippen LogP contribution is -2.44. The number of nitrogens with one attached hydrogen (secondary N) is 1. The van der Waals surface area contributed by atoms with Crippen LogP contribution in [0.4, 0.5) is 17.2 Å². The number of rotatable bonds is 3. The van der Waals surface area contributed by atoms with Crippen molar-refractivity contribution in [3.63, 3.8) is 0 Å². The molecule has 3 heterocycles. The van der Waals surface area contributed by atoms with E-state index in [1.165, 1.54) is 12.5 Å². The summed E-state index contributed by atoms with van der Waals surface area (Å²) in [6, 6.07) is 13.1. The van der Waals surface area contributed by atoms with Crippen LogP contribution < -0.4 is 15.1 Å². The van der Waals surface area contributed by atoms with Gasteiger partial charge in [-0.2, -0.15) is 0 Å². The summed E-state index contributed by atoms with van der Waals surface area (Å²) in [4.78, 5) is 21.2. The first kappa shape index (κ1) is 19.7. The number of fused-ring (bicyclic) bond motifs is 3. The van der Waals surface area contributed by atoms with Gasteiger partial charge in [-0.25, -0.2) is 4.98 Å². The van der Waals surface area contributed by atoms with Crippen molar-refractivity contribution in [1.82, 2.24) is 10.3 Å². The fourth-order valence-corrected chi connectivity index (χ4v) is 4.29. The predicted octanol–water partition coefficient (Wildman–Crippen LogP) is 2.98.